The lowest BCUT2D eigenvalue weighted by atomic mass is 9.94. The fourth-order valence-corrected chi connectivity index (χ4v) is 4.70. The molecule has 2 rings (SSSR count). The van der Waals surface area contributed by atoms with E-state index in [1.54, 1.807) is 22.7 Å². The van der Waals surface area contributed by atoms with Crippen LogP contribution in [-0.2, 0) is 4.79 Å². The quantitative estimate of drug-likeness (QED) is 0.545. The summed E-state index contributed by atoms with van der Waals surface area (Å²) in [5, 5.41) is 2.95. The second kappa shape index (κ2) is 12.6. The van der Waals surface area contributed by atoms with Crippen LogP contribution in [0.3, 0.4) is 0 Å². The van der Waals surface area contributed by atoms with Crippen LogP contribution in [0, 0.1) is 0 Å². The highest BCUT2D eigenvalue weighted by molar-refractivity contribution is 9.10. The van der Waals surface area contributed by atoms with Crippen LogP contribution in [0.5, 0.6) is 0 Å². The molecule has 1 aromatic carbocycles. The van der Waals surface area contributed by atoms with Crippen molar-refractivity contribution in [2.24, 2.45) is 0 Å². The molecule has 0 aliphatic heterocycles. The van der Waals surface area contributed by atoms with Gasteiger partial charge in [-0.1, -0.05) is 31.4 Å². The molecule has 5 nitrogen and oxygen atoms in total. The number of carbonyl (C=O) groups is 2. The fraction of sp³-hybridized carbons (Fsp3) is 0.636. The van der Waals surface area contributed by atoms with Gasteiger partial charge >= 0.3 is 0 Å². The number of nitrogens with zero attached hydrogens (tertiary/aromatic N) is 2. The van der Waals surface area contributed by atoms with Gasteiger partial charge in [0, 0.05) is 30.7 Å². The Morgan fingerprint density at radius 2 is 1.86 bits per heavy atom. The van der Waals surface area contributed by atoms with Crippen LogP contribution in [0.25, 0.3) is 0 Å². The van der Waals surface area contributed by atoms with E-state index in [0.29, 0.717) is 24.6 Å². The Bertz CT molecular complexity index is 667. The number of carbonyl (C=O) groups excluding carboxylic acids is 2. The first-order valence-electron chi connectivity index (χ1n) is 10.4. The van der Waals surface area contributed by atoms with Gasteiger partial charge in [-0.15, -0.1) is 0 Å². The van der Waals surface area contributed by atoms with E-state index in [-0.39, 0.29) is 11.8 Å². The second-order valence-corrected chi connectivity index (χ2v) is 9.66. The van der Waals surface area contributed by atoms with Gasteiger partial charge in [-0.05, 0) is 66.4 Å². The largest absolute Gasteiger partial charge is 0.343 e. The Morgan fingerprint density at radius 1 is 1.17 bits per heavy atom. The van der Waals surface area contributed by atoms with Gasteiger partial charge in [0.25, 0.3) is 5.91 Å². The van der Waals surface area contributed by atoms with Crippen LogP contribution in [0.2, 0.25) is 0 Å². The van der Waals surface area contributed by atoms with Gasteiger partial charge in [-0.2, -0.15) is 11.8 Å². The van der Waals surface area contributed by atoms with Crippen molar-refractivity contribution in [2.75, 3.05) is 39.2 Å². The van der Waals surface area contributed by atoms with Gasteiger partial charge in [-0.3, -0.25) is 9.59 Å². The van der Waals surface area contributed by atoms with E-state index in [2.05, 4.69) is 33.2 Å². The van der Waals surface area contributed by atoms with Gasteiger partial charge in [-0.25, -0.2) is 0 Å². The van der Waals surface area contributed by atoms with Crippen LogP contribution in [0.15, 0.2) is 28.7 Å². The molecule has 0 bridgehead atoms. The van der Waals surface area contributed by atoms with Gasteiger partial charge < -0.3 is 15.1 Å². The summed E-state index contributed by atoms with van der Waals surface area (Å²) in [4.78, 5) is 29.9. The Hall–Kier alpha value is -1.05. The van der Waals surface area contributed by atoms with Crippen molar-refractivity contribution in [1.29, 1.82) is 0 Å². The van der Waals surface area contributed by atoms with Crippen LogP contribution in [-0.4, -0.2) is 72.9 Å². The van der Waals surface area contributed by atoms with E-state index in [9.17, 15) is 9.59 Å². The highest BCUT2D eigenvalue weighted by Crippen LogP contribution is 2.21. The number of nitrogens with one attached hydrogen (secondary N) is 1. The minimum absolute atomic E-state index is 0.0171. The van der Waals surface area contributed by atoms with E-state index in [1.165, 1.54) is 32.1 Å². The maximum absolute atomic E-state index is 13.1. The van der Waals surface area contributed by atoms with Crippen LogP contribution < -0.4 is 5.32 Å². The maximum atomic E-state index is 13.1. The van der Waals surface area contributed by atoms with Crippen molar-refractivity contribution in [3.63, 3.8) is 0 Å². The van der Waals surface area contributed by atoms with E-state index < -0.39 is 6.04 Å². The first kappa shape index (κ1) is 24.2. The van der Waals surface area contributed by atoms with Gasteiger partial charge in [0.2, 0.25) is 5.91 Å². The Kier molecular flexibility index (Phi) is 10.5. The smallest absolute Gasteiger partial charge is 0.253 e. The summed E-state index contributed by atoms with van der Waals surface area (Å²) in [6.45, 7) is 1.53. The summed E-state index contributed by atoms with van der Waals surface area (Å²) < 4.78 is 0.732. The highest BCUT2D eigenvalue weighted by Gasteiger charge is 2.25. The molecule has 29 heavy (non-hydrogen) atoms. The third-order valence-corrected chi connectivity index (χ3v) is 7.03. The Labute approximate surface area is 188 Å². The van der Waals surface area contributed by atoms with Crippen molar-refractivity contribution in [3.05, 3.63) is 34.3 Å². The Morgan fingerprint density at radius 3 is 2.52 bits per heavy atom. The topological polar surface area (TPSA) is 52.7 Å². The minimum Gasteiger partial charge on any atom is -0.343 e. The minimum atomic E-state index is -0.507. The Balaban J connectivity index is 1.94. The highest BCUT2D eigenvalue weighted by atomic mass is 79.9. The molecule has 0 saturated heterocycles. The summed E-state index contributed by atoms with van der Waals surface area (Å²) in [6, 6.07) is 7.42. The summed E-state index contributed by atoms with van der Waals surface area (Å²) in [5.74, 6) is 0.587. The zero-order valence-corrected chi connectivity index (χ0v) is 20.2. The van der Waals surface area contributed by atoms with Crippen LogP contribution in [0.1, 0.15) is 48.9 Å². The SMILES string of the molecule is CSCCC(NC(=O)c1ccccc1Br)C(=O)N(C)CCN(C)C1CCCCC1. The molecule has 0 spiro atoms. The molecule has 7 heteroatoms. The molecule has 1 atom stereocenters. The van der Waals surface area contributed by atoms with Crippen molar-refractivity contribution in [1.82, 2.24) is 15.1 Å². The van der Waals surface area contributed by atoms with Gasteiger partial charge in [0.1, 0.15) is 6.04 Å². The van der Waals surface area contributed by atoms with Crippen molar-refractivity contribution < 1.29 is 9.59 Å². The number of thioether (sulfide) groups is 1. The van der Waals surface area contributed by atoms with E-state index in [0.717, 1.165) is 16.8 Å². The van der Waals surface area contributed by atoms with Crippen LogP contribution >= 0.6 is 27.7 Å². The fourth-order valence-electron chi connectivity index (χ4n) is 3.76. The van der Waals surface area contributed by atoms with E-state index in [4.69, 9.17) is 0 Å². The van der Waals surface area contributed by atoms with Crippen molar-refractivity contribution in [3.8, 4) is 0 Å². The average Bonchev–Trinajstić information content (AvgIpc) is 2.74. The van der Waals surface area contributed by atoms with E-state index in [1.807, 2.05) is 31.5 Å². The number of amides is 2. The average molecular weight is 485 g/mol. The monoisotopic (exact) mass is 483 g/mol. The molecule has 0 aromatic heterocycles. The number of benzene rings is 1. The molecular formula is C22H34BrN3O2S. The van der Waals surface area contributed by atoms with E-state index >= 15 is 0 Å². The van der Waals surface area contributed by atoms with Crippen molar-refractivity contribution in [2.45, 2.75) is 50.6 Å². The number of hydrogen-bond acceptors (Lipinski definition) is 4. The number of rotatable bonds is 10. The number of halogens is 1. The normalized spacial score (nSPS) is 15.9. The molecule has 1 unspecified atom stereocenters. The maximum Gasteiger partial charge on any atom is 0.253 e. The summed E-state index contributed by atoms with van der Waals surface area (Å²) >= 11 is 5.10. The zero-order valence-electron chi connectivity index (χ0n) is 17.8. The zero-order chi connectivity index (χ0) is 21.2. The summed E-state index contributed by atoms with van der Waals surface area (Å²) in [6.07, 6.45) is 9.11. The summed E-state index contributed by atoms with van der Waals surface area (Å²) in [5.41, 5.74) is 0.550. The molecule has 1 aliphatic carbocycles. The summed E-state index contributed by atoms with van der Waals surface area (Å²) in [7, 11) is 4.00. The molecule has 1 aliphatic rings. The predicted octanol–water partition coefficient (Wildman–Crippen LogP) is 4.02. The third-order valence-electron chi connectivity index (χ3n) is 5.69. The molecule has 1 fully saturated rings. The first-order valence-corrected chi connectivity index (χ1v) is 12.6. The molecule has 0 heterocycles. The first-order chi connectivity index (χ1) is 13.9. The van der Waals surface area contributed by atoms with Crippen molar-refractivity contribution >= 4 is 39.5 Å². The van der Waals surface area contributed by atoms with Gasteiger partial charge in [0.05, 0.1) is 5.56 Å². The molecule has 1 N–H and O–H groups in total. The lowest BCUT2D eigenvalue weighted by Gasteiger charge is -2.33. The molecule has 162 valence electrons. The predicted molar refractivity (Wildman–Crippen MR) is 126 cm³/mol. The molecule has 1 saturated carbocycles. The molecule has 2 amide bonds. The standard InChI is InChI=1S/C22H34BrN3O2S/c1-25(17-9-5-4-6-10-17)14-15-26(2)22(28)20(13-16-29-3)24-21(27)18-11-7-8-12-19(18)23/h7-8,11-12,17,20H,4-6,9-10,13-16H2,1-3H3,(H,24,27). The van der Waals surface area contributed by atoms with Crippen LogP contribution in [0.4, 0.5) is 0 Å². The number of likely N-dealkylation sites (N-methyl/N-ethyl adjacent to an activating group) is 2. The number of hydrogen-bond donors (Lipinski definition) is 1. The molecule has 0 radical (unpaired) electrons. The third kappa shape index (κ3) is 7.61. The van der Waals surface area contributed by atoms with Gasteiger partial charge in [0.15, 0.2) is 0 Å². The lowest BCUT2D eigenvalue weighted by molar-refractivity contribution is -0.132. The lowest BCUT2D eigenvalue weighted by Crippen LogP contribution is -2.49. The molecular weight excluding hydrogens is 450 g/mol. The second-order valence-electron chi connectivity index (χ2n) is 7.82. The molecule has 1 aromatic rings.